The number of nitrogens with two attached hydrogens (primary N) is 1. The van der Waals surface area contributed by atoms with Crippen LogP contribution in [0.3, 0.4) is 0 Å². The standard InChI is InChI=1S/C24H21N7O2/c1-15-4-5-16(13-21(15)30-23(25)33)22(32)28-18-6-8-19(9-7-18)29-24-27-12-10-20(31-24)17-3-2-11-26-14-17/h2-14H,1H3,(H,28,32)(H3,25,30,33)(H,27,29,31). The van der Waals surface area contributed by atoms with E-state index in [1.165, 1.54) is 0 Å². The van der Waals surface area contributed by atoms with Crippen molar-refractivity contribution in [3.05, 3.63) is 90.4 Å². The second-order valence-electron chi connectivity index (χ2n) is 7.18. The van der Waals surface area contributed by atoms with Gasteiger partial charge in [0.25, 0.3) is 5.91 Å². The first-order chi connectivity index (χ1) is 16.0. The number of urea groups is 1. The van der Waals surface area contributed by atoms with Crippen molar-refractivity contribution in [3.63, 3.8) is 0 Å². The minimum Gasteiger partial charge on any atom is -0.351 e. The first-order valence-electron chi connectivity index (χ1n) is 10.1. The van der Waals surface area contributed by atoms with Crippen molar-refractivity contribution in [1.29, 1.82) is 0 Å². The van der Waals surface area contributed by atoms with Crippen molar-refractivity contribution < 1.29 is 9.59 Å². The van der Waals surface area contributed by atoms with E-state index >= 15 is 0 Å². The minimum absolute atomic E-state index is 0.310. The third-order valence-electron chi connectivity index (χ3n) is 4.77. The van der Waals surface area contributed by atoms with Crippen LogP contribution in [0.25, 0.3) is 11.3 Å². The Morgan fingerprint density at radius 2 is 1.70 bits per heavy atom. The van der Waals surface area contributed by atoms with E-state index in [0.29, 0.717) is 22.9 Å². The molecule has 3 amide bonds. The van der Waals surface area contributed by atoms with Crippen LogP contribution >= 0.6 is 0 Å². The Morgan fingerprint density at radius 1 is 0.909 bits per heavy atom. The quantitative estimate of drug-likeness (QED) is 0.353. The van der Waals surface area contributed by atoms with E-state index in [2.05, 4.69) is 30.9 Å². The number of hydrogen-bond donors (Lipinski definition) is 4. The van der Waals surface area contributed by atoms with Crippen molar-refractivity contribution in [1.82, 2.24) is 15.0 Å². The molecule has 0 atom stereocenters. The molecule has 4 aromatic rings. The van der Waals surface area contributed by atoms with Crippen LogP contribution in [-0.2, 0) is 0 Å². The number of pyridine rings is 1. The number of aromatic nitrogens is 3. The van der Waals surface area contributed by atoms with Crippen LogP contribution in [0.4, 0.5) is 27.8 Å². The van der Waals surface area contributed by atoms with Gasteiger partial charge in [0.05, 0.1) is 5.69 Å². The van der Waals surface area contributed by atoms with Crippen molar-refractivity contribution >= 4 is 34.9 Å². The molecule has 0 aliphatic heterocycles. The number of primary amides is 1. The van der Waals surface area contributed by atoms with E-state index in [1.807, 2.05) is 37.3 Å². The zero-order valence-electron chi connectivity index (χ0n) is 17.7. The first kappa shape index (κ1) is 21.4. The largest absolute Gasteiger partial charge is 0.351 e. The zero-order valence-corrected chi connectivity index (χ0v) is 17.7. The fraction of sp³-hybridized carbons (Fsp3) is 0.0417. The summed E-state index contributed by atoms with van der Waals surface area (Å²) in [6.07, 6.45) is 5.12. The average molecular weight is 439 g/mol. The van der Waals surface area contributed by atoms with Gasteiger partial charge in [-0.2, -0.15) is 0 Å². The summed E-state index contributed by atoms with van der Waals surface area (Å²) >= 11 is 0. The highest BCUT2D eigenvalue weighted by molar-refractivity contribution is 6.05. The predicted octanol–water partition coefficient (Wildman–Crippen LogP) is 4.33. The topological polar surface area (TPSA) is 135 Å². The fourth-order valence-corrected chi connectivity index (χ4v) is 3.09. The Morgan fingerprint density at radius 3 is 2.42 bits per heavy atom. The van der Waals surface area contributed by atoms with Gasteiger partial charge in [-0.05, 0) is 67.1 Å². The Hall–Kier alpha value is -4.79. The summed E-state index contributed by atoms with van der Waals surface area (Å²) in [5.41, 5.74) is 9.90. The molecule has 0 fully saturated rings. The monoisotopic (exact) mass is 439 g/mol. The van der Waals surface area contributed by atoms with Crippen LogP contribution < -0.4 is 21.7 Å². The van der Waals surface area contributed by atoms with Gasteiger partial charge < -0.3 is 21.7 Å². The number of aryl methyl sites for hydroxylation is 1. The lowest BCUT2D eigenvalue weighted by Gasteiger charge is -2.11. The molecule has 0 aliphatic carbocycles. The number of nitrogens with one attached hydrogen (secondary N) is 3. The second kappa shape index (κ2) is 9.56. The lowest BCUT2D eigenvalue weighted by molar-refractivity contribution is 0.102. The van der Waals surface area contributed by atoms with Crippen LogP contribution in [0.15, 0.2) is 79.3 Å². The van der Waals surface area contributed by atoms with E-state index in [1.54, 1.807) is 48.9 Å². The predicted molar refractivity (Wildman–Crippen MR) is 127 cm³/mol. The SMILES string of the molecule is Cc1ccc(C(=O)Nc2ccc(Nc3nccc(-c4cccnc4)n3)cc2)cc1NC(N)=O. The van der Waals surface area contributed by atoms with Crippen LogP contribution in [-0.4, -0.2) is 26.9 Å². The minimum atomic E-state index is -0.686. The number of amides is 3. The van der Waals surface area contributed by atoms with Gasteiger partial charge in [-0.3, -0.25) is 9.78 Å². The average Bonchev–Trinajstić information content (AvgIpc) is 2.82. The summed E-state index contributed by atoms with van der Waals surface area (Å²) in [7, 11) is 0. The lowest BCUT2D eigenvalue weighted by Crippen LogP contribution is -2.20. The molecule has 0 unspecified atom stereocenters. The van der Waals surface area contributed by atoms with E-state index in [0.717, 1.165) is 22.5 Å². The third kappa shape index (κ3) is 5.47. The molecule has 0 spiro atoms. The summed E-state index contributed by atoms with van der Waals surface area (Å²) in [6, 6.07) is 17.1. The van der Waals surface area contributed by atoms with Crippen LogP contribution in [0.5, 0.6) is 0 Å². The van der Waals surface area contributed by atoms with Gasteiger partial charge in [0.2, 0.25) is 5.95 Å². The number of carbonyl (C=O) groups excluding carboxylic acids is 2. The maximum Gasteiger partial charge on any atom is 0.316 e. The van der Waals surface area contributed by atoms with Gasteiger partial charge >= 0.3 is 6.03 Å². The third-order valence-corrected chi connectivity index (χ3v) is 4.77. The number of hydrogen-bond acceptors (Lipinski definition) is 6. The van der Waals surface area contributed by atoms with Crippen molar-refractivity contribution in [2.45, 2.75) is 6.92 Å². The highest BCUT2D eigenvalue weighted by atomic mass is 16.2. The maximum absolute atomic E-state index is 12.6. The maximum atomic E-state index is 12.6. The molecule has 0 radical (unpaired) electrons. The number of nitrogens with zero attached hydrogens (tertiary/aromatic N) is 3. The van der Waals surface area contributed by atoms with Gasteiger partial charge in [0.15, 0.2) is 0 Å². The lowest BCUT2D eigenvalue weighted by atomic mass is 10.1. The molecular weight excluding hydrogens is 418 g/mol. The normalized spacial score (nSPS) is 10.3. The Bertz CT molecular complexity index is 1290. The zero-order chi connectivity index (χ0) is 23.2. The molecule has 9 heteroatoms. The number of rotatable bonds is 6. The molecule has 2 aromatic heterocycles. The van der Waals surface area contributed by atoms with E-state index in [9.17, 15) is 9.59 Å². The molecule has 9 nitrogen and oxygen atoms in total. The van der Waals surface area contributed by atoms with Crippen molar-refractivity contribution in [3.8, 4) is 11.3 Å². The Balaban J connectivity index is 1.43. The molecule has 0 saturated heterocycles. The molecule has 0 aliphatic rings. The molecule has 164 valence electrons. The van der Waals surface area contributed by atoms with Crippen molar-refractivity contribution in [2.24, 2.45) is 5.73 Å². The number of benzene rings is 2. The second-order valence-corrected chi connectivity index (χ2v) is 7.18. The molecule has 33 heavy (non-hydrogen) atoms. The first-order valence-corrected chi connectivity index (χ1v) is 10.1. The summed E-state index contributed by atoms with van der Waals surface area (Å²) in [4.78, 5) is 36.6. The van der Waals surface area contributed by atoms with Gasteiger partial charge in [-0.25, -0.2) is 14.8 Å². The van der Waals surface area contributed by atoms with Gasteiger partial charge in [-0.1, -0.05) is 6.07 Å². The summed E-state index contributed by atoms with van der Waals surface area (Å²) in [5.74, 6) is 0.137. The fourth-order valence-electron chi connectivity index (χ4n) is 3.09. The van der Waals surface area contributed by atoms with Gasteiger partial charge in [-0.15, -0.1) is 0 Å². The molecule has 0 bridgehead atoms. The molecule has 0 saturated carbocycles. The van der Waals surface area contributed by atoms with E-state index < -0.39 is 6.03 Å². The van der Waals surface area contributed by atoms with Gasteiger partial charge in [0, 0.05) is 46.8 Å². The summed E-state index contributed by atoms with van der Waals surface area (Å²) in [6.45, 7) is 1.81. The molecule has 4 rings (SSSR count). The van der Waals surface area contributed by atoms with Crippen molar-refractivity contribution in [2.75, 3.05) is 16.0 Å². The molecule has 2 heterocycles. The Kier molecular flexibility index (Phi) is 6.21. The van der Waals surface area contributed by atoms with Gasteiger partial charge in [0.1, 0.15) is 0 Å². The number of carbonyl (C=O) groups is 2. The molecular formula is C24H21N7O2. The van der Waals surface area contributed by atoms with E-state index in [4.69, 9.17) is 5.73 Å². The smallest absolute Gasteiger partial charge is 0.316 e. The molecule has 2 aromatic carbocycles. The highest BCUT2D eigenvalue weighted by Gasteiger charge is 2.10. The number of anilines is 4. The van der Waals surface area contributed by atoms with Crippen LogP contribution in [0.1, 0.15) is 15.9 Å². The Labute approximate surface area is 190 Å². The van der Waals surface area contributed by atoms with E-state index in [-0.39, 0.29) is 5.91 Å². The van der Waals surface area contributed by atoms with Crippen LogP contribution in [0.2, 0.25) is 0 Å². The summed E-state index contributed by atoms with van der Waals surface area (Å²) < 4.78 is 0. The molecule has 5 N–H and O–H groups in total. The highest BCUT2D eigenvalue weighted by Crippen LogP contribution is 2.21. The summed E-state index contributed by atoms with van der Waals surface area (Å²) in [5, 5.41) is 8.49. The van der Waals surface area contributed by atoms with Crippen LogP contribution in [0, 0.1) is 6.92 Å².